The van der Waals surface area contributed by atoms with Gasteiger partial charge in [-0.1, -0.05) is 28.9 Å². The molecule has 0 saturated carbocycles. The summed E-state index contributed by atoms with van der Waals surface area (Å²) in [6.45, 7) is 9.54. The number of aryl methyl sites for hydroxylation is 2. The predicted molar refractivity (Wildman–Crippen MR) is 146 cm³/mol. The monoisotopic (exact) mass is 520 g/mol. The van der Waals surface area contributed by atoms with Crippen LogP contribution in [0.2, 0.25) is 5.02 Å². The molecule has 2 heterocycles. The average molecular weight is 521 g/mol. The molecule has 1 aliphatic rings. The van der Waals surface area contributed by atoms with Crippen molar-refractivity contribution >= 4 is 50.6 Å². The second-order valence-electron chi connectivity index (χ2n) is 10.3. The summed E-state index contributed by atoms with van der Waals surface area (Å²) in [6, 6.07) is 9.83. The Morgan fingerprint density at radius 1 is 1.19 bits per heavy atom. The summed E-state index contributed by atoms with van der Waals surface area (Å²) >= 11 is 7.88. The number of rotatable bonds is 5. The summed E-state index contributed by atoms with van der Waals surface area (Å²) in [6.07, 6.45) is 3.15. The lowest BCUT2D eigenvalue weighted by Crippen LogP contribution is -2.27. The lowest BCUT2D eigenvalue weighted by molar-refractivity contribution is -0.138. The molecule has 4 aromatic rings. The van der Waals surface area contributed by atoms with E-state index in [1.54, 1.807) is 18.3 Å². The third kappa shape index (κ3) is 4.63. The zero-order chi connectivity index (χ0) is 25.8. The highest BCUT2D eigenvalue weighted by Crippen LogP contribution is 2.44. The van der Waals surface area contributed by atoms with Crippen LogP contribution in [0.4, 0.5) is 0 Å². The fourth-order valence-corrected chi connectivity index (χ4v) is 6.04. The van der Waals surface area contributed by atoms with Crippen LogP contribution in [0, 0.1) is 6.92 Å². The summed E-state index contributed by atoms with van der Waals surface area (Å²) in [5.74, 6) is -0.0301. The van der Waals surface area contributed by atoms with E-state index in [0.717, 1.165) is 67.3 Å². The van der Waals surface area contributed by atoms with Gasteiger partial charge in [0.25, 0.3) is 0 Å². The van der Waals surface area contributed by atoms with Gasteiger partial charge < -0.3 is 4.74 Å². The van der Waals surface area contributed by atoms with E-state index < -0.39 is 11.7 Å². The van der Waals surface area contributed by atoms with E-state index in [1.165, 1.54) is 0 Å². The van der Waals surface area contributed by atoms with Gasteiger partial charge in [0.2, 0.25) is 0 Å². The molecule has 8 heteroatoms. The van der Waals surface area contributed by atoms with Crippen molar-refractivity contribution in [1.29, 1.82) is 0 Å². The molecule has 0 fully saturated rings. The van der Waals surface area contributed by atoms with Crippen LogP contribution >= 0.6 is 22.9 Å². The maximum absolute atomic E-state index is 12.9. The Hall–Kier alpha value is -2.87. The third-order valence-electron chi connectivity index (χ3n) is 6.35. The van der Waals surface area contributed by atoms with Crippen LogP contribution in [0.5, 0.6) is 0 Å². The number of aromatic nitrogens is 4. The minimum atomic E-state index is -0.693. The van der Waals surface area contributed by atoms with Gasteiger partial charge in [0.05, 0.1) is 21.5 Å². The van der Waals surface area contributed by atoms with Crippen LogP contribution in [0.1, 0.15) is 67.7 Å². The highest BCUT2D eigenvalue weighted by atomic mass is 35.5. The number of thiazole rings is 1. The van der Waals surface area contributed by atoms with Crippen molar-refractivity contribution in [3.8, 4) is 11.1 Å². The van der Waals surface area contributed by atoms with E-state index in [4.69, 9.17) is 21.3 Å². The summed E-state index contributed by atoms with van der Waals surface area (Å²) < 4.78 is 9.21. The first-order chi connectivity index (χ1) is 17.0. The molecule has 2 aromatic heterocycles. The largest absolute Gasteiger partial charge is 0.360 e. The number of halogens is 1. The Bertz CT molecular complexity index is 1510. The minimum absolute atomic E-state index is 0.0301. The predicted octanol–water partition coefficient (Wildman–Crippen LogP) is 6.99. The molecule has 1 aliphatic carbocycles. The Labute approximate surface area is 220 Å². The average Bonchev–Trinajstić information content (AvgIpc) is 3.40. The topological polar surface area (TPSA) is 69.9 Å². The van der Waals surface area contributed by atoms with Gasteiger partial charge >= 0.3 is 0 Å². The molecule has 0 bridgehead atoms. The van der Waals surface area contributed by atoms with Crippen molar-refractivity contribution in [3.05, 3.63) is 62.9 Å². The van der Waals surface area contributed by atoms with Crippen molar-refractivity contribution < 1.29 is 9.53 Å². The van der Waals surface area contributed by atoms with Gasteiger partial charge in [-0.3, -0.25) is 9.48 Å². The van der Waals surface area contributed by atoms with Crippen molar-refractivity contribution in [2.24, 2.45) is 7.05 Å². The van der Waals surface area contributed by atoms with Gasteiger partial charge in [-0.05, 0) is 88.4 Å². The number of Topliss-reactive ketones (excluding diaryl/α,β-unsaturated/α-hetero) is 1. The number of hydrogen-bond acceptors (Lipinski definition) is 6. The van der Waals surface area contributed by atoms with Gasteiger partial charge in [-0.15, -0.1) is 16.4 Å². The molecule has 0 spiro atoms. The lowest BCUT2D eigenvalue weighted by atomic mass is 9.90. The first-order valence-electron chi connectivity index (χ1n) is 12.0. The molecule has 186 valence electrons. The molecule has 0 saturated heterocycles. The zero-order valence-corrected chi connectivity index (χ0v) is 22.9. The van der Waals surface area contributed by atoms with Crippen LogP contribution in [0.25, 0.3) is 33.0 Å². The number of carbonyl (C=O) groups is 1. The summed E-state index contributed by atoms with van der Waals surface area (Å²) in [7, 11) is 1.93. The number of ketones is 1. The van der Waals surface area contributed by atoms with Crippen LogP contribution in [-0.4, -0.2) is 31.4 Å². The Morgan fingerprint density at radius 2 is 1.92 bits per heavy atom. The highest BCUT2D eigenvalue weighted by Gasteiger charge is 2.31. The Kier molecular flexibility index (Phi) is 6.35. The molecule has 0 amide bonds. The molecule has 0 aliphatic heterocycles. The second kappa shape index (κ2) is 9.21. The molecule has 2 aromatic carbocycles. The molecule has 6 nitrogen and oxygen atoms in total. The number of fused-ring (bicyclic) bond motifs is 2. The quantitative estimate of drug-likeness (QED) is 0.284. The zero-order valence-electron chi connectivity index (χ0n) is 21.3. The van der Waals surface area contributed by atoms with E-state index in [1.807, 2.05) is 63.7 Å². The third-order valence-corrected chi connectivity index (χ3v) is 7.77. The van der Waals surface area contributed by atoms with Crippen LogP contribution < -0.4 is 0 Å². The normalized spacial score (nSPS) is 14.6. The molecule has 0 unspecified atom stereocenters. The number of benzene rings is 2. The Balaban J connectivity index is 1.74. The van der Waals surface area contributed by atoms with Gasteiger partial charge in [-0.25, -0.2) is 4.98 Å². The van der Waals surface area contributed by atoms with Crippen LogP contribution in [-0.2, 0) is 23.0 Å². The number of hydrogen-bond donors (Lipinski definition) is 0. The number of carbonyl (C=O) groups excluding carboxylic acids is 1. The van der Waals surface area contributed by atoms with E-state index >= 15 is 0 Å². The fourth-order valence-electron chi connectivity index (χ4n) is 4.74. The van der Waals surface area contributed by atoms with E-state index in [0.29, 0.717) is 5.02 Å². The van der Waals surface area contributed by atoms with E-state index in [2.05, 4.69) is 22.5 Å². The second-order valence-corrected chi connectivity index (χ2v) is 11.7. The summed E-state index contributed by atoms with van der Waals surface area (Å²) in [5, 5.41) is 10.1. The Morgan fingerprint density at radius 3 is 2.58 bits per heavy atom. The highest BCUT2D eigenvalue weighted by molar-refractivity contribution is 7.20. The van der Waals surface area contributed by atoms with Gasteiger partial charge in [0.1, 0.15) is 16.8 Å². The number of allylic oxidation sites excluding steroid dienone is 1. The van der Waals surface area contributed by atoms with Crippen molar-refractivity contribution in [2.45, 2.75) is 59.2 Å². The smallest absolute Gasteiger partial charge is 0.163 e. The fraction of sp³-hybridized carbons (Fsp3) is 0.357. The molecular weight excluding hydrogens is 492 g/mol. The van der Waals surface area contributed by atoms with Crippen molar-refractivity contribution in [2.75, 3.05) is 0 Å². The summed E-state index contributed by atoms with van der Waals surface area (Å²) in [5.41, 5.74) is 7.44. The van der Waals surface area contributed by atoms with E-state index in [9.17, 15) is 4.79 Å². The maximum atomic E-state index is 12.9. The first-order valence-corrected chi connectivity index (χ1v) is 13.2. The summed E-state index contributed by atoms with van der Waals surface area (Å²) in [4.78, 5) is 18.0. The van der Waals surface area contributed by atoms with Crippen molar-refractivity contribution in [1.82, 2.24) is 20.0 Å². The lowest BCUT2D eigenvalue weighted by Gasteiger charge is -2.29. The van der Waals surface area contributed by atoms with Crippen molar-refractivity contribution in [3.63, 3.8) is 0 Å². The minimum Gasteiger partial charge on any atom is -0.360 e. The molecule has 36 heavy (non-hydrogen) atoms. The molecule has 1 atom stereocenters. The molecular formula is C28H29ClN4O2S. The number of ether oxygens (including phenoxy) is 1. The molecule has 0 N–H and O–H groups in total. The van der Waals surface area contributed by atoms with Gasteiger partial charge in [0.15, 0.2) is 5.78 Å². The molecule has 0 radical (unpaired) electrons. The van der Waals surface area contributed by atoms with Crippen LogP contribution in [0.3, 0.4) is 0 Å². The van der Waals surface area contributed by atoms with Gasteiger partial charge in [-0.2, -0.15) is 0 Å². The molecule has 5 rings (SSSR count). The number of nitrogens with zero attached hydrogens (tertiary/aromatic N) is 4. The standard InChI is InChI=1S/C28H29ClN4O2S/c1-15-13-21-26(36-27(30-21)18-9-12-22-20(14-18)31-32-33(22)6)24(17-7-10-19(29)11-8-17)23(15)25(16(2)34)35-28(3,4)5/h7-8,10-11,13-14,25H,9,12H2,1-6H3/t25-/m1/s1. The van der Waals surface area contributed by atoms with Crippen LogP contribution in [0.15, 0.2) is 30.3 Å². The first kappa shape index (κ1) is 24.8. The van der Waals surface area contributed by atoms with Gasteiger partial charge in [0, 0.05) is 23.2 Å². The van der Waals surface area contributed by atoms with E-state index in [-0.39, 0.29) is 5.78 Å². The SMILES string of the molecule is CC(=O)[C@@H](OC(C)(C)C)c1c(C)cc2nc(C3=Cc4nnn(C)c4CC3)sc2c1-c1ccc(Cl)cc1. The maximum Gasteiger partial charge on any atom is 0.163 e.